The van der Waals surface area contributed by atoms with Crippen LogP contribution in [0.15, 0.2) is 36.7 Å². The van der Waals surface area contributed by atoms with Gasteiger partial charge in [-0.25, -0.2) is 28.7 Å². The van der Waals surface area contributed by atoms with Crippen LogP contribution in [0.3, 0.4) is 0 Å². The first-order valence-electron chi connectivity index (χ1n) is 13.2. The number of anilines is 2. The van der Waals surface area contributed by atoms with Crippen molar-refractivity contribution in [2.24, 2.45) is 0 Å². The van der Waals surface area contributed by atoms with Crippen molar-refractivity contribution in [1.82, 2.24) is 29.4 Å². The number of benzene rings is 1. The van der Waals surface area contributed by atoms with Gasteiger partial charge in [0.25, 0.3) is 5.91 Å². The Kier molecular flexibility index (Phi) is 7.88. The number of fused-ring (bicyclic) bond motifs is 1. The Bertz CT molecular complexity index is 1610. The number of ether oxygens (including phenoxy) is 1. The number of carboxylic acid groups (broad SMARTS) is 1. The third-order valence-electron chi connectivity index (χ3n) is 6.82. The highest BCUT2D eigenvalue weighted by atomic mass is 19.1. The van der Waals surface area contributed by atoms with Gasteiger partial charge in [0.15, 0.2) is 11.6 Å². The fraction of sp³-hybridized carbons (Fsp3) is 0.357. The molecule has 1 fully saturated rings. The minimum absolute atomic E-state index is 0.0182. The summed E-state index contributed by atoms with van der Waals surface area (Å²) in [6, 6.07) is 6.03. The molecular formula is C28H29F2N7O4. The third kappa shape index (κ3) is 5.99. The minimum Gasteiger partial charge on any atom is -0.481 e. The molecule has 1 saturated heterocycles. The Hall–Kier alpha value is -4.52. The van der Waals surface area contributed by atoms with E-state index in [0.29, 0.717) is 48.8 Å². The number of aryl methyl sites for hydroxylation is 1. The van der Waals surface area contributed by atoms with Gasteiger partial charge in [-0.2, -0.15) is 0 Å². The Morgan fingerprint density at radius 3 is 2.66 bits per heavy atom. The summed E-state index contributed by atoms with van der Waals surface area (Å²) in [6.07, 6.45) is 2.34. The lowest BCUT2D eigenvalue weighted by Gasteiger charge is -2.32. The maximum Gasteiger partial charge on any atom is 0.303 e. The zero-order valence-electron chi connectivity index (χ0n) is 22.8. The largest absolute Gasteiger partial charge is 0.481 e. The van der Waals surface area contributed by atoms with Crippen molar-refractivity contribution in [2.75, 3.05) is 25.0 Å². The fourth-order valence-corrected chi connectivity index (χ4v) is 4.94. The molecule has 214 valence electrons. The van der Waals surface area contributed by atoms with Crippen LogP contribution in [0, 0.1) is 18.6 Å². The fourth-order valence-electron chi connectivity index (χ4n) is 4.94. The number of rotatable bonds is 8. The second-order valence-corrected chi connectivity index (χ2v) is 10.1. The molecule has 0 radical (unpaired) electrons. The molecule has 0 aliphatic carbocycles. The number of morpholine rings is 1. The summed E-state index contributed by atoms with van der Waals surface area (Å²) in [5.74, 6) is -1.46. The quantitative estimate of drug-likeness (QED) is 0.316. The molecule has 11 nitrogen and oxygen atoms in total. The molecule has 4 aromatic rings. The van der Waals surface area contributed by atoms with Crippen LogP contribution in [-0.2, 0) is 9.53 Å². The molecule has 0 saturated carbocycles. The highest BCUT2D eigenvalue weighted by molar-refractivity contribution is 5.94. The molecule has 1 aromatic carbocycles. The molecule has 0 bridgehead atoms. The van der Waals surface area contributed by atoms with E-state index in [1.54, 1.807) is 30.0 Å². The van der Waals surface area contributed by atoms with Gasteiger partial charge in [0.1, 0.15) is 22.9 Å². The molecule has 3 aromatic heterocycles. The lowest BCUT2D eigenvalue weighted by atomic mass is 10.1. The van der Waals surface area contributed by atoms with E-state index in [4.69, 9.17) is 9.84 Å². The van der Waals surface area contributed by atoms with Crippen LogP contribution in [0.4, 0.5) is 20.5 Å². The predicted molar refractivity (Wildman–Crippen MR) is 146 cm³/mol. The summed E-state index contributed by atoms with van der Waals surface area (Å²) in [6.45, 7) is 6.71. The molecule has 1 amide bonds. The van der Waals surface area contributed by atoms with E-state index in [0.717, 1.165) is 6.20 Å². The van der Waals surface area contributed by atoms with Crippen LogP contribution >= 0.6 is 0 Å². The smallest absolute Gasteiger partial charge is 0.303 e. The Balaban J connectivity index is 1.33. The predicted octanol–water partition coefficient (Wildman–Crippen LogP) is 4.51. The van der Waals surface area contributed by atoms with Crippen molar-refractivity contribution in [2.45, 2.75) is 45.8 Å². The van der Waals surface area contributed by atoms with Gasteiger partial charge in [-0.05, 0) is 51.5 Å². The number of aliphatic carboxylic acids is 1. The first kappa shape index (κ1) is 28.0. The molecule has 1 aliphatic rings. The summed E-state index contributed by atoms with van der Waals surface area (Å²) >= 11 is 0. The number of carboxylic acids is 1. The van der Waals surface area contributed by atoms with Crippen LogP contribution in [0.1, 0.15) is 48.9 Å². The second-order valence-electron chi connectivity index (χ2n) is 10.1. The number of carbonyl (C=O) groups is 2. The summed E-state index contributed by atoms with van der Waals surface area (Å²) in [7, 11) is 0. The Labute approximate surface area is 234 Å². The zero-order chi connectivity index (χ0) is 29.3. The number of pyridine rings is 1. The molecule has 1 aliphatic heterocycles. The van der Waals surface area contributed by atoms with E-state index in [-0.39, 0.29) is 47.2 Å². The molecule has 0 spiro atoms. The normalized spacial score (nSPS) is 15.5. The van der Waals surface area contributed by atoms with Gasteiger partial charge in [-0.1, -0.05) is 0 Å². The maximum atomic E-state index is 15.0. The topological polar surface area (TPSA) is 135 Å². The summed E-state index contributed by atoms with van der Waals surface area (Å²) in [5.41, 5.74) is 1.24. The first-order valence-corrected chi connectivity index (χ1v) is 13.2. The van der Waals surface area contributed by atoms with E-state index in [9.17, 15) is 18.4 Å². The number of halogens is 2. The molecule has 5 rings (SSSR count). The number of amides is 1. The minimum atomic E-state index is -0.913. The number of carbonyl (C=O) groups excluding carboxylic acids is 1. The number of nitrogens with one attached hydrogen (secondary N) is 1. The monoisotopic (exact) mass is 565 g/mol. The summed E-state index contributed by atoms with van der Waals surface area (Å²) < 4.78 is 37.3. The van der Waals surface area contributed by atoms with Gasteiger partial charge in [0.05, 0.1) is 30.0 Å². The van der Waals surface area contributed by atoms with E-state index in [1.807, 2.05) is 18.4 Å². The van der Waals surface area contributed by atoms with Crippen molar-refractivity contribution < 1.29 is 28.2 Å². The number of imidazole rings is 1. The average Bonchev–Trinajstić information content (AvgIpc) is 3.29. The second kappa shape index (κ2) is 11.5. The van der Waals surface area contributed by atoms with Crippen LogP contribution in [-0.4, -0.2) is 72.2 Å². The van der Waals surface area contributed by atoms with E-state index < -0.39 is 17.6 Å². The number of hydrogen-bond acceptors (Lipinski definition) is 8. The van der Waals surface area contributed by atoms with Gasteiger partial charge in [-0.15, -0.1) is 0 Å². The molecule has 4 heterocycles. The van der Waals surface area contributed by atoms with Crippen LogP contribution in [0.5, 0.6) is 0 Å². The SMILES string of the molecule is Cc1nc2c(F)cc(-c3nc(Nc4ccc(C(=O)N5CCO[C@H](CCC(=O)O)C5)cn4)ncc3F)cc2n1C(C)C. The standard InChI is InChI=1S/C28H29F2N7O4/c1-15(2)37-16(3)33-26-20(29)10-18(11-22(26)37)25-21(30)13-32-28(35-25)34-23-6-4-17(12-31-23)27(40)36-8-9-41-19(14-36)5-7-24(38)39/h4,6,10-13,15,19H,5,7-9,14H2,1-3H3,(H,38,39)(H,31,32,34,35)/t19-/m1/s1. The summed E-state index contributed by atoms with van der Waals surface area (Å²) in [4.78, 5) is 42.3. The lowest BCUT2D eigenvalue weighted by molar-refractivity contribution is -0.138. The highest BCUT2D eigenvalue weighted by Gasteiger charge is 2.26. The van der Waals surface area contributed by atoms with E-state index in [2.05, 4.69) is 25.3 Å². The highest BCUT2D eigenvalue weighted by Crippen LogP contribution is 2.30. The number of aromatic nitrogens is 5. The van der Waals surface area contributed by atoms with Crippen molar-refractivity contribution in [3.8, 4) is 11.3 Å². The van der Waals surface area contributed by atoms with E-state index >= 15 is 0 Å². The molecule has 41 heavy (non-hydrogen) atoms. The van der Waals surface area contributed by atoms with Gasteiger partial charge in [0, 0.05) is 37.3 Å². The maximum absolute atomic E-state index is 15.0. The van der Waals surface area contributed by atoms with Gasteiger partial charge < -0.3 is 24.6 Å². The van der Waals surface area contributed by atoms with Crippen molar-refractivity contribution in [3.63, 3.8) is 0 Å². The molecule has 13 heteroatoms. The molecular weight excluding hydrogens is 536 g/mol. The van der Waals surface area contributed by atoms with Gasteiger partial charge in [-0.3, -0.25) is 9.59 Å². The van der Waals surface area contributed by atoms with Crippen molar-refractivity contribution in [1.29, 1.82) is 0 Å². The molecule has 0 unspecified atom stereocenters. The number of hydrogen-bond donors (Lipinski definition) is 2. The molecule has 1 atom stereocenters. The van der Waals surface area contributed by atoms with Crippen LogP contribution < -0.4 is 5.32 Å². The van der Waals surface area contributed by atoms with Gasteiger partial charge in [0.2, 0.25) is 5.95 Å². The van der Waals surface area contributed by atoms with E-state index in [1.165, 1.54) is 12.3 Å². The first-order chi connectivity index (χ1) is 19.6. The van der Waals surface area contributed by atoms with Crippen LogP contribution in [0.25, 0.3) is 22.3 Å². The summed E-state index contributed by atoms with van der Waals surface area (Å²) in [5, 5.41) is 11.8. The van der Waals surface area contributed by atoms with Crippen LogP contribution in [0.2, 0.25) is 0 Å². The average molecular weight is 566 g/mol. The lowest BCUT2D eigenvalue weighted by Crippen LogP contribution is -2.45. The van der Waals surface area contributed by atoms with Crippen molar-refractivity contribution >= 4 is 34.7 Å². The molecule has 2 N–H and O–H groups in total. The Morgan fingerprint density at radius 1 is 1.15 bits per heavy atom. The van der Waals surface area contributed by atoms with Gasteiger partial charge >= 0.3 is 5.97 Å². The third-order valence-corrected chi connectivity index (χ3v) is 6.82. The Morgan fingerprint density at radius 2 is 1.95 bits per heavy atom. The van der Waals surface area contributed by atoms with Crippen molar-refractivity contribution in [3.05, 3.63) is 59.7 Å². The number of nitrogens with zero attached hydrogens (tertiary/aromatic N) is 6. The zero-order valence-corrected chi connectivity index (χ0v) is 22.8.